The number of rotatable bonds is 8. The fraction of sp³-hybridized carbons (Fsp3) is 0.261. The largest absolute Gasteiger partial charge is 0.326 e. The molecule has 0 atom stereocenters. The third-order valence-electron chi connectivity index (χ3n) is 4.61. The first-order valence-electron chi connectivity index (χ1n) is 9.78. The van der Waals surface area contributed by atoms with Crippen LogP contribution in [0.3, 0.4) is 0 Å². The molecule has 0 radical (unpaired) electrons. The molecule has 150 valence electrons. The third-order valence-corrected chi connectivity index (χ3v) is 4.61. The van der Waals surface area contributed by atoms with Crippen LogP contribution in [0.2, 0.25) is 0 Å². The van der Waals surface area contributed by atoms with E-state index in [0.29, 0.717) is 25.9 Å². The summed E-state index contributed by atoms with van der Waals surface area (Å²) in [6.45, 7) is 5.09. The van der Waals surface area contributed by atoms with E-state index in [2.05, 4.69) is 10.4 Å². The predicted molar refractivity (Wildman–Crippen MR) is 115 cm³/mol. The molecular weight excluding hydrogens is 364 g/mol. The van der Waals surface area contributed by atoms with Crippen molar-refractivity contribution >= 4 is 23.2 Å². The van der Waals surface area contributed by atoms with Crippen LogP contribution in [0.5, 0.6) is 0 Å². The van der Waals surface area contributed by atoms with E-state index < -0.39 is 0 Å². The average Bonchev–Trinajstić information content (AvgIpc) is 3.14. The first-order chi connectivity index (χ1) is 14.0. The van der Waals surface area contributed by atoms with Gasteiger partial charge in [0.05, 0.1) is 12.6 Å². The van der Waals surface area contributed by atoms with Crippen LogP contribution in [0.15, 0.2) is 67.0 Å². The first-order valence-corrected chi connectivity index (χ1v) is 9.78. The number of benzene rings is 2. The Hall–Kier alpha value is -3.41. The Morgan fingerprint density at radius 3 is 2.41 bits per heavy atom. The van der Waals surface area contributed by atoms with Crippen molar-refractivity contribution in [3.05, 3.63) is 78.1 Å². The molecule has 0 aliphatic carbocycles. The van der Waals surface area contributed by atoms with Crippen molar-refractivity contribution < 1.29 is 9.59 Å². The van der Waals surface area contributed by atoms with Gasteiger partial charge in [0.1, 0.15) is 0 Å². The van der Waals surface area contributed by atoms with Crippen LogP contribution in [-0.2, 0) is 22.6 Å². The molecule has 3 aromatic rings. The van der Waals surface area contributed by atoms with Gasteiger partial charge in [-0.3, -0.25) is 14.3 Å². The number of para-hydroxylation sites is 1. The maximum Gasteiger partial charge on any atom is 0.231 e. The van der Waals surface area contributed by atoms with Gasteiger partial charge in [-0.1, -0.05) is 30.3 Å². The minimum absolute atomic E-state index is 0.0463. The minimum Gasteiger partial charge on any atom is -0.326 e. The highest BCUT2D eigenvalue weighted by molar-refractivity contribution is 5.95. The van der Waals surface area contributed by atoms with E-state index in [0.717, 1.165) is 22.5 Å². The third kappa shape index (κ3) is 5.78. The van der Waals surface area contributed by atoms with Crippen LogP contribution < -0.4 is 10.2 Å². The van der Waals surface area contributed by atoms with Crippen LogP contribution in [0, 0.1) is 6.92 Å². The number of anilines is 2. The summed E-state index contributed by atoms with van der Waals surface area (Å²) in [4.78, 5) is 26.6. The van der Waals surface area contributed by atoms with Crippen molar-refractivity contribution in [2.24, 2.45) is 0 Å². The highest BCUT2D eigenvalue weighted by Gasteiger charge is 2.14. The van der Waals surface area contributed by atoms with Gasteiger partial charge in [-0.25, -0.2) is 0 Å². The summed E-state index contributed by atoms with van der Waals surface area (Å²) < 4.78 is 1.76. The van der Waals surface area contributed by atoms with Crippen molar-refractivity contribution in [2.75, 3.05) is 16.8 Å². The molecule has 0 aliphatic rings. The predicted octanol–water partition coefficient (Wildman–Crippen LogP) is 3.82. The Kier molecular flexibility index (Phi) is 6.79. The molecule has 1 heterocycles. The van der Waals surface area contributed by atoms with E-state index in [1.165, 1.54) is 0 Å². The number of aryl methyl sites for hydroxylation is 2. The van der Waals surface area contributed by atoms with Crippen LogP contribution in [0.25, 0.3) is 0 Å². The van der Waals surface area contributed by atoms with Gasteiger partial charge >= 0.3 is 0 Å². The molecule has 2 aromatic carbocycles. The first kappa shape index (κ1) is 20.3. The summed E-state index contributed by atoms with van der Waals surface area (Å²) in [6, 6.07) is 17.1. The quantitative estimate of drug-likeness (QED) is 0.636. The molecule has 2 amide bonds. The lowest BCUT2D eigenvalue weighted by molar-refractivity contribution is -0.118. The molecule has 6 nitrogen and oxygen atoms in total. The molecule has 3 rings (SSSR count). The molecule has 0 bridgehead atoms. The lowest BCUT2D eigenvalue weighted by atomic mass is 10.1. The Bertz CT molecular complexity index is 949. The number of nitrogens with one attached hydrogen (secondary N) is 1. The molecule has 0 spiro atoms. The van der Waals surface area contributed by atoms with Crippen LogP contribution in [-0.4, -0.2) is 28.1 Å². The van der Waals surface area contributed by atoms with Gasteiger partial charge in [0.25, 0.3) is 0 Å². The van der Waals surface area contributed by atoms with Gasteiger partial charge in [-0.05, 0) is 49.2 Å². The fourth-order valence-corrected chi connectivity index (χ4v) is 3.12. The molecule has 0 fully saturated rings. The van der Waals surface area contributed by atoms with Gasteiger partial charge in [-0.2, -0.15) is 5.10 Å². The van der Waals surface area contributed by atoms with Crippen molar-refractivity contribution in [2.45, 2.75) is 33.2 Å². The van der Waals surface area contributed by atoms with E-state index in [1.807, 2.05) is 74.6 Å². The van der Waals surface area contributed by atoms with Crippen LogP contribution >= 0.6 is 0 Å². The summed E-state index contributed by atoms with van der Waals surface area (Å²) in [5.41, 5.74) is 3.60. The summed E-state index contributed by atoms with van der Waals surface area (Å²) in [7, 11) is 0. The Labute approximate surface area is 171 Å². The second kappa shape index (κ2) is 9.68. The summed E-state index contributed by atoms with van der Waals surface area (Å²) in [6.07, 6.45) is 4.35. The van der Waals surface area contributed by atoms with E-state index in [9.17, 15) is 9.59 Å². The van der Waals surface area contributed by atoms with Gasteiger partial charge in [0, 0.05) is 37.1 Å². The number of hydrogen-bond donors (Lipinski definition) is 1. The average molecular weight is 390 g/mol. The highest BCUT2D eigenvalue weighted by atomic mass is 16.2. The summed E-state index contributed by atoms with van der Waals surface area (Å²) >= 11 is 0. The molecular formula is C23H26N4O2. The number of carbonyl (C=O) groups excluding carboxylic acids is 2. The second-order valence-corrected chi connectivity index (χ2v) is 6.93. The summed E-state index contributed by atoms with van der Waals surface area (Å²) in [5.74, 6) is -0.0202. The molecule has 29 heavy (non-hydrogen) atoms. The van der Waals surface area contributed by atoms with Crippen molar-refractivity contribution in [3.63, 3.8) is 0 Å². The molecule has 0 saturated carbocycles. The zero-order valence-corrected chi connectivity index (χ0v) is 16.8. The fourth-order valence-electron chi connectivity index (χ4n) is 3.12. The van der Waals surface area contributed by atoms with E-state index >= 15 is 0 Å². The molecule has 0 aliphatic heterocycles. The number of amides is 2. The van der Waals surface area contributed by atoms with Crippen LogP contribution in [0.1, 0.15) is 24.5 Å². The van der Waals surface area contributed by atoms with E-state index in [-0.39, 0.29) is 11.8 Å². The number of hydrogen-bond acceptors (Lipinski definition) is 3. The number of carbonyl (C=O) groups is 2. The van der Waals surface area contributed by atoms with Gasteiger partial charge in [0.2, 0.25) is 11.8 Å². The summed E-state index contributed by atoms with van der Waals surface area (Å²) in [5, 5.41) is 7.06. The zero-order chi connectivity index (χ0) is 20.6. The lowest BCUT2D eigenvalue weighted by Crippen LogP contribution is -2.31. The smallest absolute Gasteiger partial charge is 0.231 e. The van der Waals surface area contributed by atoms with Gasteiger partial charge in [0.15, 0.2) is 0 Å². The number of likely N-dealkylation sites (N-methyl/N-ethyl adjacent to an activating group) is 1. The number of aromatic nitrogens is 2. The number of nitrogens with zero attached hydrogens (tertiary/aromatic N) is 3. The maximum absolute atomic E-state index is 12.7. The molecule has 6 heteroatoms. The monoisotopic (exact) mass is 390 g/mol. The topological polar surface area (TPSA) is 67.2 Å². The lowest BCUT2D eigenvalue weighted by Gasteiger charge is -2.21. The van der Waals surface area contributed by atoms with Crippen molar-refractivity contribution in [3.8, 4) is 0 Å². The Morgan fingerprint density at radius 2 is 1.79 bits per heavy atom. The Balaban J connectivity index is 1.52. The van der Waals surface area contributed by atoms with E-state index in [1.54, 1.807) is 15.8 Å². The van der Waals surface area contributed by atoms with Gasteiger partial charge in [-0.15, -0.1) is 0 Å². The highest BCUT2D eigenvalue weighted by Crippen LogP contribution is 2.16. The van der Waals surface area contributed by atoms with Crippen LogP contribution in [0.4, 0.5) is 11.4 Å². The standard InChI is InChI=1S/C23H26N4O2/c1-3-27(21-7-5-4-6-8-21)23(29)15-19-9-11-20(12-10-19)25-22(28)13-14-26-17-18(2)16-24-26/h4-12,16-17H,3,13-15H2,1-2H3,(H,25,28). The van der Waals surface area contributed by atoms with E-state index in [4.69, 9.17) is 0 Å². The molecule has 0 saturated heterocycles. The van der Waals surface area contributed by atoms with Crippen molar-refractivity contribution in [1.29, 1.82) is 0 Å². The molecule has 1 aromatic heterocycles. The Morgan fingerprint density at radius 1 is 1.07 bits per heavy atom. The van der Waals surface area contributed by atoms with Crippen molar-refractivity contribution in [1.82, 2.24) is 9.78 Å². The molecule has 1 N–H and O–H groups in total. The normalized spacial score (nSPS) is 10.6. The second-order valence-electron chi connectivity index (χ2n) is 6.93. The SMILES string of the molecule is CCN(C(=O)Cc1ccc(NC(=O)CCn2cc(C)cn2)cc1)c1ccccc1. The maximum atomic E-state index is 12.7. The minimum atomic E-state index is -0.0665. The van der Waals surface area contributed by atoms with Gasteiger partial charge < -0.3 is 10.2 Å². The zero-order valence-electron chi connectivity index (χ0n) is 16.8. The molecule has 0 unspecified atom stereocenters.